The fraction of sp³-hybridized carbons (Fsp3) is 0.500. The number of hydrogen-bond donors (Lipinski definition) is 0. The molecule has 2 aliphatic heterocycles. The summed E-state index contributed by atoms with van der Waals surface area (Å²) in [6, 6.07) is 15.2. The Labute approximate surface area is 161 Å². The van der Waals surface area contributed by atoms with Crippen molar-refractivity contribution < 1.29 is 9.47 Å². The highest BCUT2D eigenvalue weighted by Crippen LogP contribution is 2.26. The van der Waals surface area contributed by atoms with E-state index in [9.17, 15) is 0 Å². The van der Waals surface area contributed by atoms with Gasteiger partial charge in [0.2, 0.25) is 0 Å². The van der Waals surface area contributed by atoms with E-state index in [4.69, 9.17) is 9.47 Å². The Bertz CT molecular complexity index is 749. The molecule has 1 aromatic heterocycles. The summed E-state index contributed by atoms with van der Waals surface area (Å²) in [4.78, 5) is 9.70. The van der Waals surface area contributed by atoms with Crippen LogP contribution in [0, 0.1) is 6.92 Å². The second-order valence-corrected chi connectivity index (χ2v) is 7.67. The molecule has 2 fully saturated rings. The molecule has 0 unspecified atom stereocenters. The van der Waals surface area contributed by atoms with E-state index < -0.39 is 0 Å². The van der Waals surface area contributed by atoms with Crippen molar-refractivity contribution in [2.24, 2.45) is 0 Å². The molecule has 27 heavy (non-hydrogen) atoms. The molecule has 2 atom stereocenters. The van der Waals surface area contributed by atoms with Gasteiger partial charge in [-0.1, -0.05) is 18.2 Å². The van der Waals surface area contributed by atoms with E-state index in [1.54, 1.807) is 7.11 Å². The van der Waals surface area contributed by atoms with E-state index in [0.29, 0.717) is 18.8 Å². The number of pyridine rings is 1. The molecule has 0 spiro atoms. The third kappa shape index (κ3) is 4.67. The first kappa shape index (κ1) is 18.4. The van der Waals surface area contributed by atoms with Crippen LogP contribution >= 0.6 is 0 Å². The Hall–Kier alpha value is -1.95. The summed E-state index contributed by atoms with van der Waals surface area (Å²) in [5.41, 5.74) is 3.43. The second-order valence-electron chi connectivity index (χ2n) is 7.67. The molecule has 2 aliphatic rings. The Kier molecular flexibility index (Phi) is 5.72. The van der Waals surface area contributed by atoms with E-state index in [2.05, 4.69) is 33.0 Å². The molecule has 3 heterocycles. The number of methoxy groups -OCH3 is 1. The lowest BCUT2D eigenvalue weighted by molar-refractivity contribution is 0.0439. The molecule has 4 rings (SSSR count). The average Bonchev–Trinajstić information content (AvgIpc) is 3.09. The van der Waals surface area contributed by atoms with Crippen LogP contribution in [0.15, 0.2) is 42.5 Å². The first-order valence-electron chi connectivity index (χ1n) is 9.83. The van der Waals surface area contributed by atoms with Crippen molar-refractivity contribution in [3.05, 3.63) is 59.4 Å². The third-order valence-electron chi connectivity index (χ3n) is 5.64. The van der Waals surface area contributed by atoms with Crippen LogP contribution in [0.5, 0.6) is 5.75 Å². The summed E-state index contributed by atoms with van der Waals surface area (Å²) in [6.07, 6.45) is 1.43. The monoisotopic (exact) mass is 367 g/mol. The predicted octanol–water partition coefficient (Wildman–Crippen LogP) is 2.87. The Morgan fingerprint density at radius 1 is 1.07 bits per heavy atom. The van der Waals surface area contributed by atoms with Crippen molar-refractivity contribution in [1.29, 1.82) is 0 Å². The van der Waals surface area contributed by atoms with E-state index in [0.717, 1.165) is 56.3 Å². The fourth-order valence-corrected chi connectivity index (χ4v) is 4.20. The highest BCUT2D eigenvalue weighted by molar-refractivity contribution is 5.27. The van der Waals surface area contributed by atoms with Gasteiger partial charge < -0.3 is 9.47 Å². The summed E-state index contributed by atoms with van der Waals surface area (Å²) in [7, 11) is 1.71. The quantitative estimate of drug-likeness (QED) is 0.785. The zero-order valence-corrected chi connectivity index (χ0v) is 16.3. The van der Waals surface area contributed by atoms with Gasteiger partial charge in [0, 0.05) is 44.5 Å². The van der Waals surface area contributed by atoms with Crippen LogP contribution < -0.4 is 4.74 Å². The van der Waals surface area contributed by atoms with Gasteiger partial charge in [-0.15, -0.1) is 0 Å². The maximum Gasteiger partial charge on any atom is 0.118 e. The lowest BCUT2D eigenvalue weighted by atomic mass is 10.1. The Morgan fingerprint density at radius 3 is 2.70 bits per heavy atom. The molecule has 0 aliphatic carbocycles. The van der Waals surface area contributed by atoms with E-state index in [1.807, 2.05) is 31.2 Å². The molecule has 5 heteroatoms. The number of benzene rings is 1. The number of fused-ring (bicyclic) bond motifs is 1. The first-order valence-corrected chi connectivity index (χ1v) is 9.83. The topological polar surface area (TPSA) is 37.8 Å². The van der Waals surface area contributed by atoms with Crippen LogP contribution in [-0.4, -0.2) is 60.2 Å². The third-order valence-corrected chi connectivity index (χ3v) is 5.64. The zero-order valence-electron chi connectivity index (χ0n) is 16.3. The molecular weight excluding hydrogens is 338 g/mol. The number of nitrogens with zero attached hydrogens (tertiary/aromatic N) is 3. The van der Waals surface area contributed by atoms with Gasteiger partial charge in [0.1, 0.15) is 5.75 Å². The van der Waals surface area contributed by atoms with Crippen LogP contribution in [0.4, 0.5) is 0 Å². The van der Waals surface area contributed by atoms with Crippen molar-refractivity contribution >= 4 is 0 Å². The molecule has 0 bridgehead atoms. The predicted molar refractivity (Wildman–Crippen MR) is 106 cm³/mol. The van der Waals surface area contributed by atoms with Crippen molar-refractivity contribution in [2.45, 2.75) is 38.6 Å². The van der Waals surface area contributed by atoms with Gasteiger partial charge >= 0.3 is 0 Å². The van der Waals surface area contributed by atoms with Crippen LogP contribution in [0.3, 0.4) is 0 Å². The van der Waals surface area contributed by atoms with Crippen LogP contribution in [0.1, 0.15) is 23.4 Å². The first-order chi connectivity index (χ1) is 13.2. The molecular formula is C22H29N3O2. The average molecular weight is 367 g/mol. The highest BCUT2D eigenvalue weighted by Gasteiger charge is 2.36. The summed E-state index contributed by atoms with van der Waals surface area (Å²) >= 11 is 0. The van der Waals surface area contributed by atoms with E-state index >= 15 is 0 Å². The zero-order chi connectivity index (χ0) is 18.6. The number of piperazine rings is 1. The number of aromatic nitrogens is 1. The number of hydrogen-bond acceptors (Lipinski definition) is 5. The van der Waals surface area contributed by atoms with E-state index in [-0.39, 0.29) is 0 Å². The SMILES string of the molecule is COc1ccc(CN2CCN3C[C@@H](OCc4cccc(C)n4)C[C@H]3C2)cc1. The second kappa shape index (κ2) is 8.38. The minimum absolute atomic E-state index is 0.318. The molecule has 2 saturated heterocycles. The standard InChI is InChI=1S/C22H29N3O2/c1-17-4-3-5-19(23-17)16-27-22-12-20-14-24(10-11-25(20)15-22)13-18-6-8-21(26-2)9-7-18/h3-9,20,22H,10-16H2,1-2H3/t20-,22-/m0/s1. The van der Waals surface area contributed by atoms with Crippen LogP contribution in [0.2, 0.25) is 0 Å². The molecule has 144 valence electrons. The summed E-state index contributed by atoms with van der Waals surface area (Å²) in [5, 5.41) is 0. The molecule has 0 amide bonds. The fourth-order valence-electron chi connectivity index (χ4n) is 4.20. The summed E-state index contributed by atoms with van der Waals surface area (Å²) in [6.45, 7) is 8.06. The largest absolute Gasteiger partial charge is 0.497 e. The smallest absolute Gasteiger partial charge is 0.118 e. The highest BCUT2D eigenvalue weighted by atomic mass is 16.5. The summed E-state index contributed by atoms with van der Waals surface area (Å²) in [5.74, 6) is 0.919. The van der Waals surface area contributed by atoms with Crippen molar-refractivity contribution in [3.8, 4) is 5.75 Å². The van der Waals surface area contributed by atoms with Gasteiger partial charge in [-0.25, -0.2) is 0 Å². The molecule has 1 aromatic carbocycles. The maximum absolute atomic E-state index is 6.18. The Balaban J connectivity index is 1.27. The normalized spacial score (nSPS) is 23.3. The van der Waals surface area contributed by atoms with E-state index in [1.165, 1.54) is 5.56 Å². The van der Waals surface area contributed by atoms with Gasteiger partial charge in [0.05, 0.1) is 25.5 Å². The van der Waals surface area contributed by atoms with Gasteiger partial charge in [-0.05, 0) is 43.2 Å². The Morgan fingerprint density at radius 2 is 1.93 bits per heavy atom. The molecule has 5 nitrogen and oxygen atoms in total. The van der Waals surface area contributed by atoms with Crippen molar-refractivity contribution in [3.63, 3.8) is 0 Å². The van der Waals surface area contributed by atoms with Gasteiger partial charge in [-0.2, -0.15) is 0 Å². The van der Waals surface area contributed by atoms with Gasteiger partial charge in [0.15, 0.2) is 0 Å². The number of aryl methyl sites for hydroxylation is 1. The van der Waals surface area contributed by atoms with Crippen molar-refractivity contribution in [1.82, 2.24) is 14.8 Å². The molecule has 0 radical (unpaired) electrons. The summed E-state index contributed by atoms with van der Waals surface area (Å²) < 4.78 is 11.4. The lowest BCUT2D eigenvalue weighted by Gasteiger charge is -2.37. The molecule has 2 aromatic rings. The van der Waals surface area contributed by atoms with Crippen molar-refractivity contribution in [2.75, 3.05) is 33.3 Å². The van der Waals surface area contributed by atoms with Gasteiger partial charge in [0.25, 0.3) is 0 Å². The molecule has 0 saturated carbocycles. The molecule has 0 N–H and O–H groups in total. The lowest BCUT2D eigenvalue weighted by Crippen LogP contribution is -2.49. The van der Waals surface area contributed by atoms with Gasteiger partial charge in [-0.3, -0.25) is 14.8 Å². The van der Waals surface area contributed by atoms with Crippen LogP contribution in [0.25, 0.3) is 0 Å². The minimum Gasteiger partial charge on any atom is -0.497 e. The number of rotatable bonds is 6. The minimum atomic E-state index is 0.318. The van der Waals surface area contributed by atoms with Crippen LogP contribution in [-0.2, 0) is 17.9 Å². The maximum atomic E-state index is 6.18. The number of ether oxygens (including phenoxy) is 2.